The van der Waals surface area contributed by atoms with Crippen LogP contribution in [-0.2, 0) is 11.3 Å². The first-order chi connectivity index (χ1) is 14.0. The number of nitrogens with one attached hydrogen (secondary N) is 1. The van der Waals surface area contributed by atoms with Crippen LogP contribution in [-0.4, -0.2) is 23.6 Å². The van der Waals surface area contributed by atoms with E-state index in [1.807, 2.05) is 0 Å². The predicted molar refractivity (Wildman–Crippen MR) is 107 cm³/mol. The molecular formula is C22H18N2O5. The number of amides is 1. The highest BCUT2D eigenvalue weighted by molar-refractivity contribution is 6.05. The van der Waals surface area contributed by atoms with Crippen LogP contribution >= 0.6 is 0 Å². The molecule has 7 heteroatoms. The minimum atomic E-state index is -0.526. The van der Waals surface area contributed by atoms with Gasteiger partial charge in [0.25, 0.3) is 11.5 Å². The summed E-state index contributed by atoms with van der Waals surface area (Å²) >= 11 is 0. The number of anilines is 1. The fourth-order valence-electron chi connectivity index (χ4n) is 3.33. The molecule has 0 unspecified atom stereocenters. The van der Waals surface area contributed by atoms with Gasteiger partial charge in [0.1, 0.15) is 17.9 Å². The molecule has 7 nitrogen and oxygen atoms in total. The Balaban J connectivity index is 1.71. The summed E-state index contributed by atoms with van der Waals surface area (Å²) < 4.78 is 11.7. The molecule has 29 heavy (non-hydrogen) atoms. The molecule has 2 aromatic carbocycles. The highest BCUT2D eigenvalue weighted by atomic mass is 16.5. The van der Waals surface area contributed by atoms with Crippen LogP contribution in [0.5, 0.6) is 5.75 Å². The normalized spacial score (nSPS) is 12.3. The number of fused-ring (bicyclic) bond motifs is 1. The fraction of sp³-hybridized carbons (Fsp3) is 0.136. The molecule has 0 radical (unpaired) electrons. The van der Waals surface area contributed by atoms with Crippen LogP contribution in [0.2, 0.25) is 0 Å². The third-order valence-electron chi connectivity index (χ3n) is 4.81. The Bertz CT molecular complexity index is 1200. The average molecular weight is 390 g/mol. The Morgan fingerprint density at radius 2 is 1.93 bits per heavy atom. The number of ether oxygens (including phenoxy) is 2. The van der Waals surface area contributed by atoms with Crippen molar-refractivity contribution in [2.75, 3.05) is 12.4 Å². The second-order valence-electron chi connectivity index (χ2n) is 6.62. The Morgan fingerprint density at radius 3 is 2.72 bits per heavy atom. The molecule has 1 aliphatic rings. The van der Waals surface area contributed by atoms with Gasteiger partial charge in [0.2, 0.25) is 0 Å². The van der Waals surface area contributed by atoms with E-state index in [1.54, 1.807) is 61.7 Å². The Kier molecular flexibility index (Phi) is 4.64. The van der Waals surface area contributed by atoms with Gasteiger partial charge in [-0.25, -0.2) is 4.79 Å². The number of pyridine rings is 1. The molecule has 0 bridgehead atoms. The van der Waals surface area contributed by atoms with Gasteiger partial charge in [-0.2, -0.15) is 0 Å². The molecule has 0 spiro atoms. The quantitative estimate of drug-likeness (QED) is 0.692. The van der Waals surface area contributed by atoms with Gasteiger partial charge in [0.15, 0.2) is 0 Å². The minimum Gasteiger partial charge on any atom is -0.495 e. The number of hydrogen-bond acceptors (Lipinski definition) is 5. The zero-order valence-corrected chi connectivity index (χ0v) is 15.9. The molecule has 0 atom stereocenters. The maximum Gasteiger partial charge on any atom is 0.338 e. The molecule has 0 saturated heterocycles. The fourth-order valence-corrected chi connectivity index (χ4v) is 3.33. The van der Waals surface area contributed by atoms with E-state index >= 15 is 0 Å². The highest BCUT2D eigenvalue weighted by Gasteiger charge is 2.22. The topological polar surface area (TPSA) is 86.6 Å². The molecule has 1 aromatic heterocycles. The van der Waals surface area contributed by atoms with Gasteiger partial charge >= 0.3 is 5.97 Å². The summed E-state index contributed by atoms with van der Waals surface area (Å²) in [7, 11) is 1.52. The van der Waals surface area contributed by atoms with E-state index in [9.17, 15) is 14.4 Å². The molecule has 0 aliphatic carbocycles. The lowest BCUT2D eigenvalue weighted by Gasteiger charge is -2.14. The van der Waals surface area contributed by atoms with Gasteiger partial charge in [0, 0.05) is 17.4 Å². The molecule has 1 amide bonds. The van der Waals surface area contributed by atoms with Crippen molar-refractivity contribution in [3.63, 3.8) is 0 Å². The van der Waals surface area contributed by atoms with Crippen molar-refractivity contribution in [3.05, 3.63) is 87.3 Å². The van der Waals surface area contributed by atoms with E-state index in [0.717, 1.165) is 0 Å². The summed E-state index contributed by atoms with van der Waals surface area (Å²) in [6.45, 7) is 1.88. The zero-order chi connectivity index (χ0) is 20.5. The lowest BCUT2D eigenvalue weighted by molar-refractivity contribution is 0.0535. The van der Waals surface area contributed by atoms with Crippen molar-refractivity contribution in [1.29, 1.82) is 0 Å². The monoisotopic (exact) mass is 390 g/mol. The van der Waals surface area contributed by atoms with Gasteiger partial charge in [-0.15, -0.1) is 0 Å². The van der Waals surface area contributed by atoms with E-state index in [-0.39, 0.29) is 18.1 Å². The summed E-state index contributed by atoms with van der Waals surface area (Å²) in [5.41, 5.74) is 2.35. The van der Waals surface area contributed by atoms with Crippen molar-refractivity contribution in [2.24, 2.45) is 0 Å². The molecule has 1 N–H and O–H groups in total. The van der Waals surface area contributed by atoms with Gasteiger partial charge in [-0.1, -0.05) is 12.1 Å². The molecule has 1 aliphatic heterocycles. The van der Waals surface area contributed by atoms with Gasteiger partial charge in [-0.3, -0.25) is 14.2 Å². The number of aromatic nitrogens is 1. The van der Waals surface area contributed by atoms with Crippen LogP contribution in [0.1, 0.15) is 31.8 Å². The van der Waals surface area contributed by atoms with Crippen LogP contribution in [0, 0.1) is 6.92 Å². The molecule has 0 fully saturated rings. The van der Waals surface area contributed by atoms with Crippen LogP contribution in [0.25, 0.3) is 5.69 Å². The molecule has 3 aromatic rings. The van der Waals surface area contributed by atoms with Crippen molar-refractivity contribution >= 4 is 17.6 Å². The summed E-state index contributed by atoms with van der Waals surface area (Å²) in [6, 6.07) is 13.7. The van der Waals surface area contributed by atoms with Crippen molar-refractivity contribution in [2.45, 2.75) is 13.5 Å². The Labute approximate surface area is 166 Å². The maximum absolute atomic E-state index is 13.1. The maximum atomic E-state index is 13.1. The second kappa shape index (κ2) is 7.27. The summed E-state index contributed by atoms with van der Waals surface area (Å²) in [5, 5.41) is 2.74. The number of benzene rings is 2. The van der Waals surface area contributed by atoms with Crippen molar-refractivity contribution in [3.8, 4) is 11.4 Å². The third-order valence-corrected chi connectivity index (χ3v) is 4.81. The molecule has 146 valence electrons. The van der Waals surface area contributed by atoms with E-state index in [4.69, 9.17) is 9.47 Å². The van der Waals surface area contributed by atoms with Crippen molar-refractivity contribution < 1.29 is 19.1 Å². The summed E-state index contributed by atoms with van der Waals surface area (Å²) in [6.07, 6.45) is 1.62. The van der Waals surface area contributed by atoms with E-state index < -0.39 is 11.5 Å². The Hall–Kier alpha value is -3.87. The minimum absolute atomic E-state index is 0.0335. The van der Waals surface area contributed by atoms with Crippen molar-refractivity contribution in [1.82, 2.24) is 4.57 Å². The number of para-hydroxylation sites is 2. The van der Waals surface area contributed by atoms with Crippen LogP contribution in [0.4, 0.5) is 5.69 Å². The molecular weight excluding hydrogens is 372 g/mol. The number of methoxy groups -OCH3 is 1. The molecule has 0 saturated carbocycles. The van der Waals surface area contributed by atoms with E-state index in [0.29, 0.717) is 33.8 Å². The lowest BCUT2D eigenvalue weighted by Crippen LogP contribution is -2.29. The SMILES string of the molecule is COc1ccccc1-n1ccc(C)c(C(=O)Nc2ccc3c(c2)COC3=O)c1=O. The van der Waals surface area contributed by atoms with Crippen LogP contribution in [0.15, 0.2) is 59.5 Å². The predicted octanol–water partition coefficient (Wildman–Crippen LogP) is 3.08. The van der Waals surface area contributed by atoms with Crippen LogP contribution in [0.3, 0.4) is 0 Å². The highest BCUT2D eigenvalue weighted by Crippen LogP contribution is 2.24. The number of esters is 1. The largest absolute Gasteiger partial charge is 0.495 e. The smallest absolute Gasteiger partial charge is 0.338 e. The van der Waals surface area contributed by atoms with E-state index in [1.165, 1.54) is 11.7 Å². The first-order valence-electron chi connectivity index (χ1n) is 8.96. The standard InChI is InChI=1S/C22H18N2O5/c1-13-9-10-24(17-5-3-4-6-18(17)28-2)21(26)19(13)20(25)23-15-7-8-16-14(11-15)12-29-22(16)27/h3-11H,12H2,1-2H3,(H,23,25). The number of carbonyl (C=O) groups excluding carboxylic acids is 2. The zero-order valence-electron chi connectivity index (χ0n) is 15.9. The van der Waals surface area contributed by atoms with Gasteiger partial charge in [0.05, 0.1) is 18.4 Å². The first kappa shape index (κ1) is 18.5. The third kappa shape index (κ3) is 3.27. The number of aryl methyl sites for hydroxylation is 1. The summed E-state index contributed by atoms with van der Waals surface area (Å²) in [4.78, 5) is 37.6. The Morgan fingerprint density at radius 1 is 1.14 bits per heavy atom. The number of hydrogen-bond donors (Lipinski definition) is 1. The lowest BCUT2D eigenvalue weighted by atomic mass is 10.1. The second-order valence-corrected chi connectivity index (χ2v) is 6.62. The number of nitrogens with zero attached hydrogens (tertiary/aromatic N) is 1. The van der Waals surface area contributed by atoms with Gasteiger partial charge < -0.3 is 14.8 Å². The van der Waals surface area contributed by atoms with Gasteiger partial charge in [-0.05, 0) is 48.9 Å². The first-order valence-corrected chi connectivity index (χ1v) is 8.96. The van der Waals surface area contributed by atoms with E-state index in [2.05, 4.69) is 5.32 Å². The average Bonchev–Trinajstić information content (AvgIpc) is 3.08. The molecule has 4 rings (SSSR count). The molecule has 2 heterocycles. The number of carbonyl (C=O) groups is 2. The summed E-state index contributed by atoms with van der Waals surface area (Å²) in [5.74, 6) is -0.383. The number of rotatable bonds is 4. The van der Waals surface area contributed by atoms with Crippen LogP contribution < -0.4 is 15.6 Å². The number of cyclic esters (lactones) is 1.